The number of fused-ring (bicyclic) bond motifs is 6. The third kappa shape index (κ3) is 6.61. The van der Waals surface area contributed by atoms with Crippen molar-refractivity contribution < 1.29 is 18.9 Å². The number of aliphatic imine (C=N–C) groups is 1. The third-order valence-electron chi connectivity index (χ3n) is 12.0. The molecule has 0 saturated carbocycles. The summed E-state index contributed by atoms with van der Waals surface area (Å²) in [4.78, 5) is 7.02. The van der Waals surface area contributed by atoms with Crippen molar-refractivity contribution in [1.82, 2.24) is 10.2 Å². The Bertz CT molecular complexity index is 1530. The van der Waals surface area contributed by atoms with Crippen LogP contribution in [-0.2, 0) is 9.47 Å². The Hall–Kier alpha value is -2.13. The molecule has 0 amide bonds. The second kappa shape index (κ2) is 13.3. The molecule has 7 aliphatic rings. The van der Waals surface area contributed by atoms with Crippen LogP contribution in [0, 0.1) is 22.7 Å². The van der Waals surface area contributed by atoms with Gasteiger partial charge >= 0.3 is 0 Å². The molecule has 9 heteroatoms. The number of nitrogens with zero attached hydrogens (tertiary/aromatic N) is 2. The van der Waals surface area contributed by atoms with Gasteiger partial charge in [-0.25, -0.2) is 0 Å². The topological polar surface area (TPSA) is 64.6 Å². The lowest BCUT2D eigenvalue weighted by atomic mass is 9.68. The highest BCUT2D eigenvalue weighted by Crippen LogP contribution is 2.52. The fourth-order valence-electron chi connectivity index (χ4n) is 9.18. The second-order valence-electron chi connectivity index (χ2n) is 15.1. The predicted octanol–water partition coefficient (Wildman–Crippen LogP) is 7.82. The first kappa shape index (κ1) is 32.1. The van der Waals surface area contributed by atoms with Crippen LogP contribution in [0.3, 0.4) is 0 Å². The summed E-state index contributed by atoms with van der Waals surface area (Å²) in [5.41, 5.74) is 5.75. The Kier molecular flexibility index (Phi) is 9.08. The molecule has 7 nitrogen and oxygen atoms in total. The summed E-state index contributed by atoms with van der Waals surface area (Å²) in [5, 5.41) is 4.90. The number of hydrogen-bond acceptors (Lipinski definition) is 7. The molecule has 0 bridgehead atoms. The standard InChI is InChI=1S/C22H27ClN2O2.C16H20ClNO2/c1-15-16(4-7-24-15)12-25-8-5-22(6-9-25)11-17-13-26-20-10-18(23)2-3-19(20)21(17)27-14-22;17-12-1-2-13-14(7-12)19-9-11-8-16(10-20-15(11)13)3-5-18-6-4-16/h2-3,7,10,17,21H,4-6,8-9,11-14H2,1H3;1-2,7,11,15,18H,3-6,8-10H2. The predicted molar refractivity (Wildman–Crippen MR) is 186 cm³/mol. The highest BCUT2D eigenvalue weighted by molar-refractivity contribution is 6.31. The molecule has 2 aromatic carbocycles. The molecule has 4 unspecified atom stereocenters. The molecule has 4 saturated heterocycles. The van der Waals surface area contributed by atoms with Crippen molar-refractivity contribution in [2.75, 3.05) is 59.2 Å². The van der Waals surface area contributed by atoms with E-state index in [1.54, 1.807) is 0 Å². The minimum Gasteiger partial charge on any atom is -0.493 e. The van der Waals surface area contributed by atoms with Crippen LogP contribution in [0.25, 0.3) is 0 Å². The van der Waals surface area contributed by atoms with Gasteiger partial charge in [0, 0.05) is 57.9 Å². The highest BCUT2D eigenvalue weighted by Gasteiger charge is 2.47. The number of benzene rings is 2. The number of rotatable bonds is 2. The molecule has 7 heterocycles. The van der Waals surface area contributed by atoms with Gasteiger partial charge in [0.15, 0.2) is 0 Å². The molecule has 2 aromatic rings. The van der Waals surface area contributed by atoms with Gasteiger partial charge in [-0.2, -0.15) is 0 Å². The molecule has 7 aliphatic heterocycles. The molecule has 0 aliphatic carbocycles. The van der Waals surface area contributed by atoms with Crippen molar-refractivity contribution in [3.63, 3.8) is 0 Å². The number of ether oxygens (including phenoxy) is 4. The third-order valence-corrected chi connectivity index (χ3v) is 12.5. The van der Waals surface area contributed by atoms with E-state index in [1.807, 2.05) is 30.5 Å². The zero-order valence-electron chi connectivity index (χ0n) is 27.4. The number of likely N-dealkylation sites (tertiary alicyclic amines) is 1. The second-order valence-corrected chi connectivity index (χ2v) is 16.0. The first-order valence-corrected chi connectivity index (χ1v) is 18.4. The lowest BCUT2D eigenvalue weighted by Crippen LogP contribution is -2.48. The van der Waals surface area contributed by atoms with E-state index in [0.717, 1.165) is 87.1 Å². The molecule has 0 radical (unpaired) electrons. The first-order valence-electron chi connectivity index (χ1n) is 17.6. The van der Waals surface area contributed by atoms with E-state index < -0.39 is 0 Å². The van der Waals surface area contributed by atoms with E-state index in [-0.39, 0.29) is 12.2 Å². The maximum Gasteiger partial charge on any atom is 0.126 e. The fourth-order valence-corrected chi connectivity index (χ4v) is 9.50. The normalized spacial score (nSPS) is 30.3. The number of nitrogens with one attached hydrogen (secondary N) is 1. The van der Waals surface area contributed by atoms with Crippen molar-refractivity contribution in [2.45, 2.75) is 64.1 Å². The maximum absolute atomic E-state index is 6.46. The van der Waals surface area contributed by atoms with Crippen LogP contribution in [0.15, 0.2) is 52.7 Å². The van der Waals surface area contributed by atoms with Crippen molar-refractivity contribution in [1.29, 1.82) is 0 Å². The molecule has 0 aromatic heterocycles. The van der Waals surface area contributed by atoms with Gasteiger partial charge in [-0.1, -0.05) is 35.3 Å². The van der Waals surface area contributed by atoms with Gasteiger partial charge in [0.25, 0.3) is 0 Å². The molecule has 252 valence electrons. The summed E-state index contributed by atoms with van der Waals surface area (Å²) >= 11 is 12.2. The monoisotopic (exact) mass is 679 g/mol. The quantitative estimate of drug-likeness (QED) is 0.349. The van der Waals surface area contributed by atoms with Crippen molar-refractivity contribution >= 4 is 29.4 Å². The Morgan fingerprint density at radius 2 is 1.36 bits per heavy atom. The molecule has 47 heavy (non-hydrogen) atoms. The molecular formula is C38H47Cl2N3O4. The summed E-state index contributed by atoms with van der Waals surface area (Å²) in [6, 6.07) is 11.9. The highest BCUT2D eigenvalue weighted by atomic mass is 35.5. The van der Waals surface area contributed by atoms with Crippen LogP contribution in [-0.4, -0.2) is 70.3 Å². The Labute approximate surface area is 289 Å². The number of piperidine rings is 2. The fraction of sp³-hybridized carbons (Fsp3) is 0.605. The largest absolute Gasteiger partial charge is 0.493 e. The average molecular weight is 681 g/mol. The number of hydrogen-bond donors (Lipinski definition) is 1. The minimum atomic E-state index is 0.165. The number of allylic oxidation sites excluding steroid dienone is 1. The van der Waals surface area contributed by atoms with Crippen LogP contribution < -0.4 is 14.8 Å². The maximum atomic E-state index is 6.46. The van der Waals surface area contributed by atoms with Crippen LogP contribution in [0.4, 0.5) is 0 Å². The molecule has 1 N–H and O–H groups in total. The summed E-state index contributed by atoms with van der Waals surface area (Å²) in [6.07, 6.45) is 10.7. The van der Waals surface area contributed by atoms with Crippen molar-refractivity contribution in [3.8, 4) is 11.5 Å². The van der Waals surface area contributed by atoms with E-state index in [9.17, 15) is 0 Å². The van der Waals surface area contributed by atoms with E-state index in [4.69, 9.17) is 42.1 Å². The lowest BCUT2D eigenvalue weighted by Gasteiger charge is -2.50. The summed E-state index contributed by atoms with van der Waals surface area (Å²) < 4.78 is 24.7. The van der Waals surface area contributed by atoms with Gasteiger partial charge in [0.05, 0.1) is 38.6 Å². The van der Waals surface area contributed by atoms with Gasteiger partial charge in [0.1, 0.15) is 11.5 Å². The zero-order valence-corrected chi connectivity index (χ0v) is 29.0. The van der Waals surface area contributed by atoms with Gasteiger partial charge in [-0.05, 0) is 112 Å². The van der Waals surface area contributed by atoms with Crippen LogP contribution in [0.1, 0.15) is 75.2 Å². The van der Waals surface area contributed by atoms with Gasteiger partial charge < -0.3 is 24.3 Å². The number of halogens is 2. The van der Waals surface area contributed by atoms with Crippen LogP contribution >= 0.6 is 23.2 Å². The zero-order chi connectivity index (χ0) is 32.0. The van der Waals surface area contributed by atoms with Crippen LogP contribution in [0.2, 0.25) is 10.0 Å². The van der Waals surface area contributed by atoms with Crippen molar-refractivity contribution in [2.24, 2.45) is 27.7 Å². The smallest absolute Gasteiger partial charge is 0.126 e. The van der Waals surface area contributed by atoms with E-state index in [0.29, 0.717) is 22.7 Å². The SMILES string of the molecule is CC1=C(CN2CCC3(CC2)COC2c4ccc(Cl)cc4OCC2C3)CC=N1.Clc1ccc2c(c1)OCC1CC3(CCNCC3)COC21. The Morgan fingerprint density at radius 3 is 1.89 bits per heavy atom. The molecule has 9 rings (SSSR count). The lowest BCUT2D eigenvalue weighted by molar-refractivity contribution is -0.135. The summed E-state index contributed by atoms with van der Waals surface area (Å²) in [7, 11) is 0. The van der Waals surface area contributed by atoms with E-state index in [1.165, 1.54) is 60.9 Å². The molecule has 4 atom stereocenters. The first-order chi connectivity index (χ1) is 22.9. The van der Waals surface area contributed by atoms with E-state index >= 15 is 0 Å². The van der Waals surface area contributed by atoms with Gasteiger partial charge in [-0.3, -0.25) is 9.89 Å². The van der Waals surface area contributed by atoms with Crippen LogP contribution in [0.5, 0.6) is 11.5 Å². The Balaban J connectivity index is 0.000000144. The Morgan fingerprint density at radius 1 is 0.809 bits per heavy atom. The minimum absolute atomic E-state index is 0.165. The molecule has 2 spiro atoms. The summed E-state index contributed by atoms with van der Waals surface area (Å²) in [5.74, 6) is 2.74. The van der Waals surface area contributed by atoms with Gasteiger partial charge in [-0.15, -0.1) is 0 Å². The average Bonchev–Trinajstić information content (AvgIpc) is 3.49. The summed E-state index contributed by atoms with van der Waals surface area (Å²) in [6.45, 7) is 11.0. The van der Waals surface area contributed by atoms with Crippen molar-refractivity contribution in [3.05, 3.63) is 68.8 Å². The molecule has 4 fully saturated rings. The van der Waals surface area contributed by atoms with Gasteiger partial charge in [0.2, 0.25) is 0 Å². The molecular weight excluding hydrogens is 633 g/mol. The van der Waals surface area contributed by atoms with E-state index in [2.05, 4.69) is 34.3 Å².